The van der Waals surface area contributed by atoms with Gasteiger partial charge in [0.25, 0.3) is 15.9 Å². The maximum Gasteiger partial charge on any atom is 0.328 e. The van der Waals surface area contributed by atoms with Crippen molar-refractivity contribution in [3.8, 4) is 11.5 Å². The molecule has 0 atom stereocenters. The van der Waals surface area contributed by atoms with Crippen LogP contribution < -0.4 is 25.2 Å². The van der Waals surface area contributed by atoms with Crippen LogP contribution in [0.3, 0.4) is 0 Å². The second kappa shape index (κ2) is 8.51. The van der Waals surface area contributed by atoms with Crippen molar-refractivity contribution in [1.82, 2.24) is 9.13 Å². The normalized spacial score (nSPS) is 13.0. The van der Waals surface area contributed by atoms with Gasteiger partial charge in [0.1, 0.15) is 13.2 Å². The number of nitrogens with one attached hydrogen (secondary N) is 2. The number of fused-ring (bicyclic) bond motifs is 2. The van der Waals surface area contributed by atoms with E-state index in [0.29, 0.717) is 47.2 Å². The molecule has 4 aromatic rings. The van der Waals surface area contributed by atoms with E-state index in [1.807, 2.05) is 0 Å². The Kier molecular flexibility index (Phi) is 5.48. The van der Waals surface area contributed by atoms with Crippen molar-refractivity contribution < 1.29 is 22.7 Å². The summed E-state index contributed by atoms with van der Waals surface area (Å²) in [7, 11) is -0.516. The van der Waals surface area contributed by atoms with Crippen molar-refractivity contribution >= 4 is 38.3 Å². The van der Waals surface area contributed by atoms with Crippen molar-refractivity contribution in [1.29, 1.82) is 0 Å². The van der Waals surface area contributed by atoms with Crippen LogP contribution in [0, 0.1) is 0 Å². The van der Waals surface area contributed by atoms with E-state index in [1.54, 1.807) is 38.4 Å². The molecule has 2 N–H and O–H groups in total. The second-order valence-electron chi connectivity index (χ2n) is 8.05. The van der Waals surface area contributed by atoms with Crippen LogP contribution in [0.5, 0.6) is 11.5 Å². The van der Waals surface area contributed by atoms with Gasteiger partial charge in [-0.05, 0) is 54.6 Å². The van der Waals surface area contributed by atoms with E-state index in [1.165, 1.54) is 45.5 Å². The molecule has 1 aliphatic rings. The number of benzene rings is 3. The SMILES string of the molecule is Cn1c(=O)n(C)c2cc(NC(=O)c3ccc(NS(=O)(=O)c4ccc5c(c4)OCCO5)cc3)ccc21. The number of hydrogen-bond acceptors (Lipinski definition) is 6. The second-order valence-corrected chi connectivity index (χ2v) is 9.73. The first-order valence-electron chi connectivity index (χ1n) is 10.7. The van der Waals surface area contributed by atoms with E-state index in [2.05, 4.69) is 10.0 Å². The molecule has 1 aromatic heterocycles. The number of ether oxygens (including phenoxy) is 2. The molecule has 0 spiro atoms. The smallest absolute Gasteiger partial charge is 0.328 e. The molecule has 10 nitrogen and oxygen atoms in total. The number of carbonyl (C=O) groups excluding carboxylic acids is 1. The number of sulfonamides is 1. The minimum absolute atomic E-state index is 0.0364. The summed E-state index contributed by atoms with van der Waals surface area (Å²) in [5.41, 5.74) is 2.47. The largest absolute Gasteiger partial charge is 0.486 e. The van der Waals surface area contributed by atoms with Crippen LogP contribution in [0.2, 0.25) is 0 Å². The zero-order valence-electron chi connectivity index (χ0n) is 18.9. The lowest BCUT2D eigenvalue weighted by Gasteiger charge is -2.19. The lowest BCUT2D eigenvalue weighted by atomic mass is 10.2. The number of anilines is 2. The summed E-state index contributed by atoms with van der Waals surface area (Å²) in [6, 6.07) is 15.7. The summed E-state index contributed by atoms with van der Waals surface area (Å²) in [5, 5.41) is 2.80. The average molecular weight is 495 g/mol. The van der Waals surface area contributed by atoms with Crippen LogP contribution in [0.1, 0.15) is 10.4 Å². The predicted octanol–water partition coefficient (Wildman–Crippen LogP) is 2.70. The van der Waals surface area contributed by atoms with Gasteiger partial charge in [-0.15, -0.1) is 0 Å². The summed E-state index contributed by atoms with van der Waals surface area (Å²) in [4.78, 5) is 24.9. The number of amides is 1. The first-order chi connectivity index (χ1) is 16.7. The van der Waals surface area contributed by atoms with Crippen LogP contribution >= 0.6 is 0 Å². The Morgan fingerprint density at radius 3 is 2.23 bits per heavy atom. The molecule has 1 aliphatic heterocycles. The van der Waals surface area contributed by atoms with Crippen molar-refractivity contribution in [2.24, 2.45) is 14.1 Å². The van der Waals surface area contributed by atoms with E-state index in [-0.39, 0.29) is 16.5 Å². The van der Waals surface area contributed by atoms with Crippen LogP contribution in [-0.4, -0.2) is 36.7 Å². The van der Waals surface area contributed by atoms with Gasteiger partial charge in [0.05, 0.1) is 15.9 Å². The highest BCUT2D eigenvalue weighted by atomic mass is 32.2. The molecule has 0 saturated carbocycles. The van der Waals surface area contributed by atoms with Gasteiger partial charge in [0.15, 0.2) is 11.5 Å². The van der Waals surface area contributed by atoms with Gasteiger partial charge in [-0.1, -0.05) is 0 Å². The number of rotatable bonds is 5. The Hall–Kier alpha value is -4.25. The highest BCUT2D eigenvalue weighted by Gasteiger charge is 2.20. The molecule has 1 amide bonds. The summed E-state index contributed by atoms with van der Waals surface area (Å²) in [6.07, 6.45) is 0. The molecule has 35 heavy (non-hydrogen) atoms. The van der Waals surface area contributed by atoms with Crippen molar-refractivity contribution in [3.63, 3.8) is 0 Å². The maximum atomic E-state index is 12.8. The number of nitrogens with zero attached hydrogens (tertiary/aromatic N) is 2. The van der Waals surface area contributed by atoms with Crippen molar-refractivity contribution in [2.45, 2.75) is 4.90 Å². The lowest BCUT2D eigenvalue weighted by molar-refractivity contribution is 0.102. The van der Waals surface area contributed by atoms with Gasteiger partial charge in [0, 0.05) is 37.1 Å². The summed E-state index contributed by atoms with van der Waals surface area (Å²) < 4.78 is 42.0. The van der Waals surface area contributed by atoms with Crippen LogP contribution in [0.25, 0.3) is 11.0 Å². The molecule has 11 heteroatoms. The lowest BCUT2D eigenvalue weighted by Crippen LogP contribution is -2.19. The topological polar surface area (TPSA) is 121 Å². The standard InChI is InChI=1S/C24H22N4O6S/c1-27-19-9-7-17(13-20(19)28(2)24(27)30)25-23(29)15-3-5-16(6-4-15)26-35(31,32)18-8-10-21-22(14-18)34-12-11-33-21/h3-10,13-14,26H,11-12H2,1-2H3,(H,25,29). The zero-order valence-corrected chi connectivity index (χ0v) is 19.8. The van der Waals surface area contributed by atoms with Gasteiger partial charge < -0.3 is 14.8 Å². The molecule has 0 aliphatic carbocycles. The third kappa shape index (κ3) is 4.21. The third-order valence-corrected chi connectivity index (χ3v) is 7.13. The summed E-state index contributed by atoms with van der Waals surface area (Å²) >= 11 is 0. The first-order valence-corrected chi connectivity index (χ1v) is 12.2. The molecule has 0 bridgehead atoms. The van der Waals surface area contributed by atoms with E-state index < -0.39 is 10.0 Å². The molecule has 5 rings (SSSR count). The van der Waals surface area contributed by atoms with E-state index in [9.17, 15) is 18.0 Å². The first kappa shape index (κ1) is 22.5. The highest BCUT2D eigenvalue weighted by Crippen LogP contribution is 2.32. The Morgan fingerprint density at radius 1 is 0.829 bits per heavy atom. The van der Waals surface area contributed by atoms with Crippen molar-refractivity contribution in [3.05, 3.63) is 76.7 Å². The molecule has 3 aromatic carbocycles. The zero-order chi connectivity index (χ0) is 24.7. The Labute approximate surface area is 200 Å². The quantitative estimate of drug-likeness (QED) is 0.440. The highest BCUT2D eigenvalue weighted by molar-refractivity contribution is 7.92. The van der Waals surface area contributed by atoms with Crippen LogP contribution in [0.15, 0.2) is 70.4 Å². The van der Waals surface area contributed by atoms with Gasteiger partial charge in [-0.25, -0.2) is 13.2 Å². The van der Waals surface area contributed by atoms with Gasteiger partial charge in [-0.3, -0.25) is 18.7 Å². The van der Waals surface area contributed by atoms with E-state index in [0.717, 1.165) is 5.52 Å². The monoisotopic (exact) mass is 494 g/mol. The molecule has 180 valence electrons. The Bertz CT molecular complexity index is 1620. The number of aryl methyl sites for hydroxylation is 2. The molecule has 2 heterocycles. The number of aromatic nitrogens is 2. The minimum Gasteiger partial charge on any atom is -0.486 e. The molecule has 0 saturated heterocycles. The molecule has 0 fully saturated rings. The molecule has 0 radical (unpaired) electrons. The van der Waals surface area contributed by atoms with Crippen LogP contribution in [-0.2, 0) is 24.1 Å². The molecule has 0 unspecified atom stereocenters. The van der Waals surface area contributed by atoms with E-state index in [4.69, 9.17) is 9.47 Å². The summed E-state index contributed by atoms with van der Waals surface area (Å²) in [5.74, 6) is 0.505. The fourth-order valence-electron chi connectivity index (χ4n) is 3.88. The Balaban J connectivity index is 1.30. The molecular weight excluding hydrogens is 472 g/mol. The number of carbonyl (C=O) groups is 1. The van der Waals surface area contributed by atoms with Gasteiger partial charge in [0.2, 0.25) is 0 Å². The summed E-state index contributed by atoms with van der Waals surface area (Å²) in [6.45, 7) is 0.766. The van der Waals surface area contributed by atoms with Crippen LogP contribution in [0.4, 0.5) is 11.4 Å². The third-order valence-electron chi connectivity index (χ3n) is 5.75. The van der Waals surface area contributed by atoms with Crippen molar-refractivity contribution in [2.75, 3.05) is 23.3 Å². The number of imidazole rings is 1. The minimum atomic E-state index is -3.87. The number of hydrogen-bond donors (Lipinski definition) is 2. The fraction of sp³-hybridized carbons (Fsp3) is 0.167. The average Bonchev–Trinajstić information content (AvgIpc) is 3.07. The fourth-order valence-corrected chi connectivity index (χ4v) is 4.96. The Morgan fingerprint density at radius 2 is 1.49 bits per heavy atom. The van der Waals surface area contributed by atoms with Gasteiger partial charge >= 0.3 is 5.69 Å². The van der Waals surface area contributed by atoms with Gasteiger partial charge in [-0.2, -0.15) is 0 Å². The maximum absolute atomic E-state index is 12.8. The molecular formula is C24H22N4O6S. The predicted molar refractivity (Wildman–Crippen MR) is 131 cm³/mol. The van der Waals surface area contributed by atoms with E-state index >= 15 is 0 Å².